The van der Waals surface area contributed by atoms with Crippen molar-refractivity contribution >= 4 is 0 Å². The molecule has 0 radical (unpaired) electrons. The molecule has 1 aliphatic heterocycles. The van der Waals surface area contributed by atoms with E-state index < -0.39 is 0 Å². The highest BCUT2D eigenvalue weighted by Gasteiger charge is 2.19. The summed E-state index contributed by atoms with van der Waals surface area (Å²) in [5.74, 6) is 1.65. The van der Waals surface area contributed by atoms with Gasteiger partial charge in [0.1, 0.15) is 13.2 Å². The molecule has 4 nitrogen and oxygen atoms in total. The van der Waals surface area contributed by atoms with E-state index in [4.69, 9.17) is 15.2 Å². The zero-order valence-corrected chi connectivity index (χ0v) is 11.0. The quantitative estimate of drug-likeness (QED) is 0.810. The number of ether oxygens (including phenoxy) is 2. The Morgan fingerprint density at radius 1 is 1.16 bits per heavy atom. The summed E-state index contributed by atoms with van der Waals surface area (Å²) in [6.45, 7) is 1.82. The van der Waals surface area contributed by atoms with Crippen molar-refractivity contribution in [2.45, 2.75) is 24.9 Å². The highest BCUT2D eigenvalue weighted by Crippen LogP contribution is 2.32. The van der Waals surface area contributed by atoms with Gasteiger partial charge in [-0.1, -0.05) is 18.2 Å². The lowest BCUT2D eigenvalue weighted by Gasteiger charge is -2.24. The van der Waals surface area contributed by atoms with Crippen LogP contribution in [-0.4, -0.2) is 25.8 Å². The molecule has 1 atom stereocenters. The predicted molar refractivity (Wildman–Crippen MR) is 74.5 cm³/mol. The second-order valence-electron chi connectivity index (χ2n) is 5.00. The van der Waals surface area contributed by atoms with E-state index in [-0.39, 0.29) is 6.04 Å². The van der Waals surface area contributed by atoms with Gasteiger partial charge < -0.3 is 20.5 Å². The third-order valence-electron chi connectivity index (χ3n) is 3.65. The predicted octanol–water partition coefficient (Wildman–Crippen LogP) is 1.77. The number of benzene rings is 1. The summed E-state index contributed by atoms with van der Waals surface area (Å²) in [6.07, 6.45) is 6.60. The fourth-order valence-electron chi connectivity index (χ4n) is 2.61. The number of fused-ring (bicyclic) bond motifs is 1. The van der Waals surface area contributed by atoms with Gasteiger partial charge in [-0.3, -0.25) is 0 Å². The van der Waals surface area contributed by atoms with Crippen LogP contribution in [0.2, 0.25) is 0 Å². The molecule has 1 heterocycles. The summed E-state index contributed by atoms with van der Waals surface area (Å²) < 4.78 is 11.2. The van der Waals surface area contributed by atoms with Gasteiger partial charge in [-0.2, -0.15) is 0 Å². The van der Waals surface area contributed by atoms with Crippen molar-refractivity contribution in [1.29, 1.82) is 0 Å². The van der Waals surface area contributed by atoms with Crippen LogP contribution in [0.1, 0.15) is 24.4 Å². The Morgan fingerprint density at radius 3 is 2.63 bits per heavy atom. The molecule has 0 saturated heterocycles. The fraction of sp³-hybridized carbons (Fsp3) is 0.467. The third kappa shape index (κ3) is 2.74. The number of hydrogen-bond acceptors (Lipinski definition) is 4. The molecule has 1 aromatic carbocycles. The van der Waals surface area contributed by atoms with Crippen LogP contribution < -0.4 is 20.5 Å². The summed E-state index contributed by atoms with van der Waals surface area (Å²) >= 11 is 0. The van der Waals surface area contributed by atoms with Crippen LogP contribution in [0.5, 0.6) is 11.5 Å². The summed E-state index contributed by atoms with van der Waals surface area (Å²) in [5, 5.41) is 3.60. The maximum Gasteiger partial charge on any atom is 0.161 e. The second kappa shape index (κ2) is 5.63. The van der Waals surface area contributed by atoms with Gasteiger partial charge in [0.05, 0.1) is 0 Å². The lowest BCUT2D eigenvalue weighted by Crippen LogP contribution is -2.35. The molecule has 3 N–H and O–H groups in total. The van der Waals surface area contributed by atoms with Crippen LogP contribution in [0.15, 0.2) is 30.4 Å². The molecular weight excluding hydrogens is 240 g/mol. The maximum absolute atomic E-state index is 5.90. The lowest BCUT2D eigenvalue weighted by atomic mass is 10.0. The SMILES string of the molecule is NCC(NC1CC=CC1)c1ccc2c(c1)OCCO2. The zero-order chi connectivity index (χ0) is 13.1. The Labute approximate surface area is 113 Å². The van der Waals surface area contributed by atoms with Crippen LogP contribution in [0.25, 0.3) is 0 Å². The molecule has 102 valence electrons. The average molecular weight is 260 g/mol. The van der Waals surface area contributed by atoms with E-state index in [0.29, 0.717) is 25.8 Å². The summed E-state index contributed by atoms with van der Waals surface area (Å²) in [6, 6.07) is 6.76. The van der Waals surface area contributed by atoms with E-state index in [9.17, 15) is 0 Å². The van der Waals surface area contributed by atoms with E-state index in [1.54, 1.807) is 0 Å². The van der Waals surface area contributed by atoms with Crippen LogP contribution in [0.4, 0.5) is 0 Å². The number of nitrogens with one attached hydrogen (secondary N) is 1. The topological polar surface area (TPSA) is 56.5 Å². The third-order valence-corrected chi connectivity index (χ3v) is 3.65. The van der Waals surface area contributed by atoms with Crippen molar-refractivity contribution in [3.63, 3.8) is 0 Å². The molecule has 2 aliphatic rings. The van der Waals surface area contributed by atoms with Crippen molar-refractivity contribution in [2.75, 3.05) is 19.8 Å². The molecule has 0 spiro atoms. The summed E-state index contributed by atoms with van der Waals surface area (Å²) in [5.41, 5.74) is 7.07. The minimum absolute atomic E-state index is 0.167. The molecule has 4 heteroatoms. The monoisotopic (exact) mass is 260 g/mol. The Kier molecular flexibility index (Phi) is 3.71. The molecule has 19 heavy (non-hydrogen) atoms. The van der Waals surface area contributed by atoms with E-state index >= 15 is 0 Å². The Hall–Kier alpha value is -1.52. The first-order valence-corrected chi connectivity index (χ1v) is 6.87. The first kappa shape index (κ1) is 12.5. The van der Waals surface area contributed by atoms with Gasteiger partial charge in [-0.15, -0.1) is 0 Å². The molecule has 0 amide bonds. The molecule has 0 aromatic heterocycles. The van der Waals surface area contributed by atoms with E-state index in [1.807, 2.05) is 12.1 Å². The minimum Gasteiger partial charge on any atom is -0.486 e. The van der Waals surface area contributed by atoms with Crippen molar-refractivity contribution in [1.82, 2.24) is 5.32 Å². The van der Waals surface area contributed by atoms with Gasteiger partial charge in [0.15, 0.2) is 11.5 Å². The summed E-state index contributed by atoms with van der Waals surface area (Å²) in [7, 11) is 0. The van der Waals surface area contributed by atoms with Crippen LogP contribution in [-0.2, 0) is 0 Å². The van der Waals surface area contributed by atoms with Crippen molar-refractivity contribution in [3.05, 3.63) is 35.9 Å². The van der Waals surface area contributed by atoms with Gasteiger partial charge in [0.25, 0.3) is 0 Å². The first-order chi connectivity index (χ1) is 9.36. The molecule has 3 rings (SSSR count). The first-order valence-electron chi connectivity index (χ1n) is 6.87. The van der Waals surface area contributed by atoms with Crippen molar-refractivity contribution in [2.24, 2.45) is 5.73 Å². The molecule has 1 aliphatic carbocycles. The van der Waals surface area contributed by atoms with Crippen LogP contribution in [0, 0.1) is 0 Å². The average Bonchev–Trinajstić information content (AvgIpc) is 2.97. The zero-order valence-electron chi connectivity index (χ0n) is 11.0. The number of rotatable bonds is 4. The fourth-order valence-corrected chi connectivity index (χ4v) is 2.61. The molecule has 0 fully saturated rings. The molecule has 0 saturated carbocycles. The number of hydrogen-bond donors (Lipinski definition) is 2. The van der Waals surface area contributed by atoms with E-state index in [0.717, 1.165) is 24.3 Å². The highest BCUT2D eigenvalue weighted by molar-refractivity contribution is 5.44. The molecule has 1 unspecified atom stereocenters. The van der Waals surface area contributed by atoms with Gasteiger partial charge in [0.2, 0.25) is 0 Å². The minimum atomic E-state index is 0.167. The van der Waals surface area contributed by atoms with Crippen LogP contribution in [0.3, 0.4) is 0 Å². The summed E-state index contributed by atoms with van der Waals surface area (Å²) in [4.78, 5) is 0. The highest BCUT2D eigenvalue weighted by atomic mass is 16.6. The smallest absolute Gasteiger partial charge is 0.161 e. The normalized spacial score (nSPS) is 19.6. The standard InChI is InChI=1S/C15H20N2O2/c16-10-13(17-12-3-1-2-4-12)11-5-6-14-15(9-11)19-8-7-18-14/h1-2,5-6,9,12-13,17H,3-4,7-8,10,16H2. The van der Waals surface area contributed by atoms with Gasteiger partial charge >= 0.3 is 0 Å². The number of nitrogens with two attached hydrogens (primary N) is 1. The van der Waals surface area contributed by atoms with Gasteiger partial charge in [-0.05, 0) is 30.5 Å². The van der Waals surface area contributed by atoms with Gasteiger partial charge in [-0.25, -0.2) is 0 Å². The van der Waals surface area contributed by atoms with Gasteiger partial charge in [0, 0.05) is 18.6 Å². The van der Waals surface area contributed by atoms with Crippen molar-refractivity contribution < 1.29 is 9.47 Å². The lowest BCUT2D eigenvalue weighted by molar-refractivity contribution is 0.171. The second-order valence-corrected chi connectivity index (χ2v) is 5.00. The Balaban J connectivity index is 1.74. The van der Waals surface area contributed by atoms with E-state index in [2.05, 4.69) is 23.5 Å². The molecule has 0 bridgehead atoms. The largest absolute Gasteiger partial charge is 0.486 e. The Morgan fingerprint density at radius 2 is 1.89 bits per heavy atom. The van der Waals surface area contributed by atoms with Crippen molar-refractivity contribution in [3.8, 4) is 11.5 Å². The molecular formula is C15H20N2O2. The van der Waals surface area contributed by atoms with Crippen LogP contribution >= 0.6 is 0 Å². The van der Waals surface area contributed by atoms with E-state index in [1.165, 1.54) is 5.56 Å². The Bertz CT molecular complexity index is 465. The maximum atomic E-state index is 5.90. The molecule has 1 aromatic rings.